The minimum atomic E-state index is 0.223. The molecule has 0 heterocycles. The Morgan fingerprint density at radius 3 is 2.23 bits per heavy atom. The second kappa shape index (κ2) is 7.30. The van der Waals surface area contributed by atoms with Gasteiger partial charge in [-0.2, -0.15) is 0 Å². The molecule has 0 radical (unpaired) electrons. The molecule has 0 rings (SSSR count). The van der Waals surface area contributed by atoms with Gasteiger partial charge >= 0.3 is 0 Å². The molecule has 0 aromatic heterocycles. The molecule has 0 bridgehead atoms. The van der Waals surface area contributed by atoms with Crippen molar-refractivity contribution in [3.63, 3.8) is 0 Å². The minimum Gasteiger partial charge on any atom is -0.396 e. The van der Waals surface area contributed by atoms with E-state index in [1.54, 1.807) is 0 Å². The molecule has 0 aliphatic rings. The Morgan fingerprint density at radius 1 is 1.15 bits per heavy atom. The van der Waals surface area contributed by atoms with E-state index in [0.717, 1.165) is 12.8 Å². The van der Waals surface area contributed by atoms with E-state index in [0.29, 0.717) is 12.1 Å². The first kappa shape index (κ1) is 12.9. The summed E-state index contributed by atoms with van der Waals surface area (Å²) >= 11 is 0. The van der Waals surface area contributed by atoms with Crippen LogP contribution in [0.1, 0.15) is 33.6 Å². The maximum atomic E-state index is 8.91. The molecule has 0 aliphatic carbocycles. The van der Waals surface area contributed by atoms with Gasteiger partial charge in [0.05, 0.1) is 0 Å². The number of aliphatic hydroxyl groups is 2. The zero-order chi connectivity index (χ0) is 10.3. The Labute approximate surface area is 81.2 Å². The maximum absolute atomic E-state index is 8.91. The van der Waals surface area contributed by atoms with E-state index in [9.17, 15) is 0 Å². The number of hydrogen-bond acceptors (Lipinski definition) is 3. The standard InChI is InChI=1S/C10H23NO2/c1-8(7-13)10(3)11-9(2)5-4-6-12/h8-13H,4-7H2,1-3H3. The number of nitrogens with one attached hydrogen (secondary N) is 1. The third-order valence-corrected chi connectivity index (χ3v) is 2.48. The van der Waals surface area contributed by atoms with Crippen LogP contribution in [-0.2, 0) is 0 Å². The second-order valence-electron chi connectivity index (χ2n) is 3.88. The molecule has 13 heavy (non-hydrogen) atoms. The first-order valence-electron chi connectivity index (χ1n) is 5.09. The Bertz CT molecular complexity index is 119. The van der Waals surface area contributed by atoms with E-state index in [1.807, 2.05) is 6.92 Å². The van der Waals surface area contributed by atoms with Crippen molar-refractivity contribution in [3.8, 4) is 0 Å². The lowest BCUT2D eigenvalue weighted by Gasteiger charge is -2.23. The molecular weight excluding hydrogens is 166 g/mol. The first-order valence-corrected chi connectivity index (χ1v) is 5.09. The topological polar surface area (TPSA) is 52.5 Å². The number of aliphatic hydroxyl groups excluding tert-OH is 2. The molecule has 0 aliphatic heterocycles. The second-order valence-corrected chi connectivity index (χ2v) is 3.88. The Kier molecular flexibility index (Phi) is 7.23. The van der Waals surface area contributed by atoms with E-state index in [2.05, 4.69) is 19.2 Å². The Balaban J connectivity index is 3.57. The van der Waals surface area contributed by atoms with Crippen molar-refractivity contribution in [2.24, 2.45) is 5.92 Å². The monoisotopic (exact) mass is 189 g/mol. The van der Waals surface area contributed by atoms with Crippen LogP contribution >= 0.6 is 0 Å². The molecule has 0 saturated heterocycles. The summed E-state index contributed by atoms with van der Waals surface area (Å²) in [7, 11) is 0. The van der Waals surface area contributed by atoms with Gasteiger partial charge in [0.1, 0.15) is 0 Å². The van der Waals surface area contributed by atoms with Crippen molar-refractivity contribution in [2.45, 2.75) is 45.7 Å². The fourth-order valence-corrected chi connectivity index (χ4v) is 1.25. The summed E-state index contributed by atoms with van der Waals surface area (Å²) in [5.41, 5.74) is 0. The Hall–Kier alpha value is -0.120. The SMILES string of the molecule is CC(CCCO)NC(C)C(C)CO. The van der Waals surface area contributed by atoms with Crippen molar-refractivity contribution in [1.29, 1.82) is 0 Å². The smallest absolute Gasteiger partial charge is 0.0471 e. The van der Waals surface area contributed by atoms with Crippen molar-refractivity contribution < 1.29 is 10.2 Å². The van der Waals surface area contributed by atoms with Crippen LogP contribution in [-0.4, -0.2) is 35.5 Å². The summed E-state index contributed by atoms with van der Waals surface area (Å²) in [6.07, 6.45) is 1.83. The quantitative estimate of drug-likeness (QED) is 0.554. The molecular formula is C10H23NO2. The average molecular weight is 189 g/mol. The molecule has 3 N–H and O–H groups in total. The number of hydrogen-bond donors (Lipinski definition) is 3. The van der Waals surface area contributed by atoms with Gasteiger partial charge in [0, 0.05) is 25.3 Å². The van der Waals surface area contributed by atoms with Gasteiger partial charge in [0.2, 0.25) is 0 Å². The highest BCUT2D eigenvalue weighted by Gasteiger charge is 2.12. The zero-order valence-corrected chi connectivity index (χ0v) is 8.95. The summed E-state index contributed by atoms with van der Waals surface area (Å²) in [4.78, 5) is 0. The molecule has 3 nitrogen and oxygen atoms in total. The lowest BCUT2D eigenvalue weighted by molar-refractivity contribution is 0.198. The molecule has 0 spiro atoms. The van der Waals surface area contributed by atoms with Crippen LogP contribution in [0.4, 0.5) is 0 Å². The number of rotatable bonds is 7. The lowest BCUT2D eigenvalue weighted by Crippen LogP contribution is -2.39. The van der Waals surface area contributed by atoms with Gasteiger partial charge in [-0.3, -0.25) is 0 Å². The van der Waals surface area contributed by atoms with Gasteiger partial charge in [0.25, 0.3) is 0 Å². The Morgan fingerprint density at radius 2 is 1.77 bits per heavy atom. The normalized spacial score (nSPS) is 18.2. The van der Waals surface area contributed by atoms with Crippen molar-refractivity contribution in [2.75, 3.05) is 13.2 Å². The predicted octanol–water partition coefficient (Wildman–Crippen LogP) is 0.754. The first-order chi connectivity index (χ1) is 6.11. The summed E-state index contributed by atoms with van der Waals surface area (Å²) in [6, 6.07) is 0.745. The van der Waals surface area contributed by atoms with Crippen molar-refractivity contribution in [1.82, 2.24) is 5.32 Å². The van der Waals surface area contributed by atoms with Crippen LogP contribution < -0.4 is 5.32 Å². The minimum absolute atomic E-state index is 0.223. The molecule has 0 aromatic carbocycles. The third-order valence-electron chi connectivity index (χ3n) is 2.48. The van der Waals surface area contributed by atoms with Gasteiger partial charge in [-0.05, 0) is 32.6 Å². The van der Waals surface area contributed by atoms with Crippen LogP contribution in [0.2, 0.25) is 0 Å². The predicted molar refractivity (Wildman–Crippen MR) is 54.6 cm³/mol. The molecule has 80 valence electrons. The van der Waals surface area contributed by atoms with Gasteiger partial charge in [0.15, 0.2) is 0 Å². The average Bonchev–Trinajstić information content (AvgIpc) is 2.13. The van der Waals surface area contributed by atoms with Crippen molar-refractivity contribution in [3.05, 3.63) is 0 Å². The van der Waals surface area contributed by atoms with E-state index in [1.165, 1.54) is 0 Å². The van der Waals surface area contributed by atoms with E-state index in [-0.39, 0.29) is 19.1 Å². The highest BCUT2D eigenvalue weighted by molar-refractivity contribution is 4.71. The van der Waals surface area contributed by atoms with Crippen LogP contribution in [0.15, 0.2) is 0 Å². The van der Waals surface area contributed by atoms with E-state index < -0.39 is 0 Å². The molecule has 3 heteroatoms. The molecule has 0 fully saturated rings. The zero-order valence-electron chi connectivity index (χ0n) is 8.95. The van der Waals surface area contributed by atoms with Gasteiger partial charge < -0.3 is 15.5 Å². The van der Waals surface area contributed by atoms with Gasteiger partial charge in [-0.1, -0.05) is 6.92 Å². The summed E-state index contributed by atoms with van der Waals surface area (Å²) < 4.78 is 0. The van der Waals surface area contributed by atoms with Gasteiger partial charge in [-0.15, -0.1) is 0 Å². The lowest BCUT2D eigenvalue weighted by atomic mass is 10.0. The van der Waals surface area contributed by atoms with Crippen LogP contribution in [0.3, 0.4) is 0 Å². The maximum Gasteiger partial charge on any atom is 0.0471 e. The molecule has 0 amide bonds. The fourth-order valence-electron chi connectivity index (χ4n) is 1.25. The van der Waals surface area contributed by atoms with E-state index in [4.69, 9.17) is 10.2 Å². The highest BCUT2D eigenvalue weighted by atomic mass is 16.3. The molecule has 3 unspecified atom stereocenters. The van der Waals surface area contributed by atoms with Gasteiger partial charge in [-0.25, -0.2) is 0 Å². The highest BCUT2D eigenvalue weighted by Crippen LogP contribution is 2.04. The largest absolute Gasteiger partial charge is 0.396 e. The third kappa shape index (κ3) is 6.02. The molecule has 0 saturated carbocycles. The van der Waals surface area contributed by atoms with Crippen LogP contribution in [0, 0.1) is 5.92 Å². The summed E-state index contributed by atoms with van der Waals surface area (Å²) in [6.45, 7) is 6.69. The van der Waals surface area contributed by atoms with Crippen LogP contribution in [0.5, 0.6) is 0 Å². The van der Waals surface area contributed by atoms with E-state index >= 15 is 0 Å². The van der Waals surface area contributed by atoms with Crippen LogP contribution in [0.25, 0.3) is 0 Å². The fraction of sp³-hybridized carbons (Fsp3) is 1.00. The summed E-state index contributed by atoms with van der Waals surface area (Å²) in [5, 5.41) is 20.9. The molecule has 0 aromatic rings. The summed E-state index contributed by atoms with van der Waals surface area (Å²) in [5.74, 6) is 0.288. The van der Waals surface area contributed by atoms with Crippen molar-refractivity contribution >= 4 is 0 Å². The molecule has 3 atom stereocenters.